The zero-order valence-corrected chi connectivity index (χ0v) is 15.3. The number of amides is 2. The summed E-state index contributed by atoms with van der Waals surface area (Å²) in [5.74, 6) is -6.92. The van der Waals surface area contributed by atoms with E-state index in [1.165, 1.54) is 24.3 Å². The maximum Gasteiger partial charge on any atom is 0.416 e. The molecule has 0 fully saturated rings. The number of benzene rings is 2. The molecule has 0 spiro atoms. The fraction of sp³-hybridized carbons (Fsp3) is 0.100. The SMILES string of the molecule is O=C(CNC(=O)c1ccc(-c2cccc(C(F)(F)F)c2)o1)Nc1ccc(F)c(F)c1F. The molecule has 0 radical (unpaired) electrons. The van der Waals surface area contributed by atoms with Crippen molar-refractivity contribution in [3.05, 3.63) is 77.3 Å². The highest BCUT2D eigenvalue weighted by Crippen LogP contribution is 2.32. The molecule has 162 valence electrons. The van der Waals surface area contributed by atoms with Crippen molar-refractivity contribution in [2.24, 2.45) is 0 Å². The van der Waals surface area contributed by atoms with Crippen molar-refractivity contribution in [2.75, 3.05) is 11.9 Å². The van der Waals surface area contributed by atoms with Crippen LogP contribution in [0.15, 0.2) is 52.9 Å². The van der Waals surface area contributed by atoms with Crippen molar-refractivity contribution in [1.82, 2.24) is 5.32 Å². The van der Waals surface area contributed by atoms with Gasteiger partial charge in [0.15, 0.2) is 23.2 Å². The first kappa shape index (κ1) is 21.9. The van der Waals surface area contributed by atoms with E-state index in [1.807, 2.05) is 5.32 Å². The van der Waals surface area contributed by atoms with Crippen LogP contribution in [0.3, 0.4) is 0 Å². The molecule has 11 heteroatoms. The van der Waals surface area contributed by atoms with Gasteiger partial charge in [0.2, 0.25) is 5.91 Å². The van der Waals surface area contributed by atoms with Gasteiger partial charge in [-0.3, -0.25) is 9.59 Å². The van der Waals surface area contributed by atoms with Crippen LogP contribution in [0.5, 0.6) is 0 Å². The Balaban J connectivity index is 1.63. The number of carbonyl (C=O) groups is 2. The molecule has 0 unspecified atom stereocenters. The second-order valence-electron chi connectivity index (χ2n) is 6.20. The first-order valence-corrected chi connectivity index (χ1v) is 8.55. The highest BCUT2D eigenvalue weighted by atomic mass is 19.4. The molecule has 0 bridgehead atoms. The summed E-state index contributed by atoms with van der Waals surface area (Å²) in [6.07, 6.45) is -4.55. The fourth-order valence-electron chi connectivity index (χ4n) is 2.53. The topological polar surface area (TPSA) is 71.3 Å². The van der Waals surface area contributed by atoms with Gasteiger partial charge in [-0.2, -0.15) is 13.2 Å². The Kier molecular flexibility index (Phi) is 6.04. The van der Waals surface area contributed by atoms with Crippen molar-refractivity contribution in [2.45, 2.75) is 6.18 Å². The predicted octanol–water partition coefficient (Wildman–Crippen LogP) is 4.75. The maximum absolute atomic E-state index is 13.6. The Morgan fingerprint density at radius 3 is 2.39 bits per heavy atom. The summed E-state index contributed by atoms with van der Waals surface area (Å²) in [4.78, 5) is 23.9. The molecule has 0 atom stereocenters. The standard InChI is InChI=1S/C20H12F6N2O3/c21-12-4-5-13(18(23)17(12)22)28-16(29)9-27-19(30)15-7-6-14(31-15)10-2-1-3-11(8-10)20(24,25)26/h1-8H,9H2,(H,27,30)(H,28,29). The average Bonchev–Trinajstić information content (AvgIpc) is 3.22. The molecule has 0 saturated heterocycles. The molecule has 3 aromatic rings. The number of halogens is 6. The number of carbonyl (C=O) groups excluding carboxylic acids is 2. The van der Waals surface area contributed by atoms with E-state index in [2.05, 4.69) is 5.32 Å². The minimum atomic E-state index is -4.55. The minimum Gasteiger partial charge on any atom is -0.451 e. The second-order valence-corrected chi connectivity index (χ2v) is 6.20. The molecule has 0 aliphatic rings. The van der Waals surface area contributed by atoms with Crippen LogP contribution in [0.2, 0.25) is 0 Å². The van der Waals surface area contributed by atoms with Gasteiger partial charge in [-0.05, 0) is 36.4 Å². The van der Waals surface area contributed by atoms with E-state index in [4.69, 9.17) is 4.42 Å². The van der Waals surface area contributed by atoms with E-state index in [9.17, 15) is 35.9 Å². The molecule has 5 nitrogen and oxygen atoms in total. The summed E-state index contributed by atoms with van der Waals surface area (Å²) < 4.78 is 83.3. The molecule has 2 N–H and O–H groups in total. The van der Waals surface area contributed by atoms with Crippen LogP contribution in [0, 0.1) is 17.5 Å². The first-order chi connectivity index (χ1) is 14.6. The van der Waals surface area contributed by atoms with Crippen molar-refractivity contribution in [1.29, 1.82) is 0 Å². The third-order valence-electron chi connectivity index (χ3n) is 4.02. The van der Waals surface area contributed by atoms with Crippen LogP contribution in [-0.2, 0) is 11.0 Å². The van der Waals surface area contributed by atoms with Crippen LogP contribution >= 0.6 is 0 Å². The smallest absolute Gasteiger partial charge is 0.416 e. The molecule has 0 saturated carbocycles. The lowest BCUT2D eigenvalue weighted by Crippen LogP contribution is -2.32. The molecular formula is C20H12F6N2O3. The molecule has 3 rings (SSSR count). The number of hydrogen-bond donors (Lipinski definition) is 2. The minimum absolute atomic E-state index is 0.00967. The second kappa shape index (κ2) is 8.54. The van der Waals surface area contributed by atoms with Gasteiger partial charge in [0.1, 0.15) is 5.76 Å². The van der Waals surface area contributed by atoms with Gasteiger partial charge < -0.3 is 15.1 Å². The predicted molar refractivity (Wildman–Crippen MR) is 96.4 cm³/mol. The van der Waals surface area contributed by atoms with E-state index in [0.717, 1.165) is 18.2 Å². The zero-order chi connectivity index (χ0) is 22.8. The quantitative estimate of drug-likeness (QED) is 0.443. The lowest BCUT2D eigenvalue weighted by molar-refractivity contribution is -0.137. The number of hydrogen-bond acceptors (Lipinski definition) is 3. The molecule has 31 heavy (non-hydrogen) atoms. The fourth-order valence-corrected chi connectivity index (χ4v) is 2.53. The molecule has 0 aliphatic carbocycles. The summed E-state index contributed by atoms with van der Waals surface area (Å²) in [5, 5.41) is 4.11. The molecule has 0 aliphatic heterocycles. The van der Waals surface area contributed by atoms with Gasteiger partial charge in [0, 0.05) is 5.56 Å². The lowest BCUT2D eigenvalue weighted by Gasteiger charge is -2.08. The van der Waals surface area contributed by atoms with Crippen molar-refractivity contribution in [3.63, 3.8) is 0 Å². The van der Waals surface area contributed by atoms with Gasteiger partial charge >= 0.3 is 6.18 Å². The van der Waals surface area contributed by atoms with E-state index < -0.39 is 53.2 Å². The summed E-state index contributed by atoms with van der Waals surface area (Å²) in [5.41, 5.74) is -1.43. The number of alkyl halides is 3. The summed E-state index contributed by atoms with van der Waals surface area (Å²) in [7, 11) is 0. The van der Waals surface area contributed by atoms with Gasteiger partial charge in [-0.25, -0.2) is 13.2 Å². The van der Waals surface area contributed by atoms with E-state index in [1.54, 1.807) is 0 Å². The lowest BCUT2D eigenvalue weighted by atomic mass is 10.1. The number of furan rings is 1. The Morgan fingerprint density at radius 2 is 1.68 bits per heavy atom. The molecule has 1 aromatic heterocycles. The Hall–Kier alpha value is -3.76. The number of anilines is 1. The summed E-state index contributed by atoms with van der Waals surface area (Å²) >= 11 is 0. The number of nitrogens with one attached hydrogen (secondary N) is 2. The van der Waals surface area contributed by atoms with Crippen LogP contribution in [0.25, 0.3) is 11.3 Å². The van der Waals surface area contributed by atoms with Crippen molar-refractivity contribution in [3.8, 4) is 11.3 Å². The molecule has 1 heterocycles. The number of rotatable bonds is 5. The van der Waals surface area contributed by atoms with Gasteiger partial charge in [-0.1, -0.05) is 12.1 Å². The van der Waals surface area contributed by atoms with Gasteiger partial charge in [0.25, 0.3) is 5.91 Å². The molecular weight excluding hydrogens is 430 g/mol. The Labute approximate surface area is 170 Å². The monoisotopic (exact) mass is 442 g/mol. The van der Waals surface area contributed by atoms with Crippen molar-refractivity contribution >= 4 is 17.5 Å². The molecule has 2 amide bonds. The average molecular weight is 442 g/mol. The highest BCUT2D eigenvalue weighted by Gasteiger charge is 2.30. The van der Waals surface area contributed by atoms with Crippen LogP contribution in [-0.4, -0.2) is 18.4 Å². The summed E-state index contributed by atoms with van der Waals surface area (Å²) in [6.45, 7) is -0.670. The summed E-state index contributed by atoms with van der Waals surface area (Å²) in [6, 6.07) is 8.17. The zero-order valence-electron chi connectivity index (χ0n) is 15.3. The van der Waals surface area contributed by atoms with E-state index in [0.29, 0.717) is 6.07 Å². The van der Waals surface area contributed by atoms with Crippen LogP contribution < -0.4 is 10.6 Å². The Morgan fingerprint density at radius 1 is 0.935 bits per heavy atom. The van der Waals surface area contributed by atoms with Crippen LogP contribution in [0.1, 0.15) is 16.1 Å². The van der Waals surface area contributed by atoms with Crippen molar-refractivity contribution < 1.29 is 40.3 Å². The Bertz CT molecular complexity index is 1140. The maximum atomic E-state index is 13.6. The van der Waals surface area contributed by atoms with E-state index in [-0.39, 0.29) is 17.1 Å². The van der Waals surface area contributed by atoms with Gasteiger partial charge in [0.05, 0.1) is 17.8 Å². The first-order valence-electron chi connectivity index (χ1n) is 8.55. The van der Waals surface area contributed by atoms with E-state index >= 15 is 0 Å². The van der Waals surface area contributed by atoms with Gasteiger partial charge in [-0.15, -0.1) is 0 Å². The largest absolute Gasteiger partial charge is 0.451 e. The third-order valence-corrected chi connectivity index (χ3v) is 4.02. The highest BCUT2D eigenvalue weighted by molar-refractivity contribution is 5.98. The molecule has 2 aromatic carbocycles. The normalized spacial score (nSPS) is 11.3. The van der Waals surface area contributed by atoms with Crippen LogP contribution in [0.4, 0.5) is 32.0 Å². The third kappa shape index (κ3) is 5.05.